The molecule has 0 aromatic heterocycles. The van der Waals surface area contributed by atoms with Gasteiger partial charge in [0.15, 0.2) is 6.10 Å². The molecule has 98 valence electrons. The van der Waals surface area contributed by atoms with Crippen LogP contribution in [0.4, 0.5) is 0 Å². The molecular weight excluding hydrogens is 242 g/mol. The van der Waals surface area contributed by atoms with Crippen molar-refractivity contribution in [2.45, 2.75) is 12.2 Å². The number of hydrogen-bond donors (Lipinski definition) is 4. The lowest BCUT2D eigenvalue weighted by Crippen LogP contribution is -2.33. The number of carbonyl (C=O) groups excluding carboxylic acids is 2. The number of carbonyl (C=O) groups is 2. The molecule has 5 N–H and O–H groups in total. The first-order valence-electron chi connectivity index (χ1n) is 4.95. The van der Waals surface area contributed by atoms with Crippen LogP contribution in [0.3, 0.4) is 0 Å². The van der Waals surface area contributed by atoms with Crippen molar-refractivity contribution in [3.63, 3.8) is 0 Å². The minimum Gasteiger partial charge on any atom is -0.507 e. The number of aliphatic hydroxyl groups excluding tert-OH is 2. The van der Waals surface area contributed by atoms with Crippen LogP contribution in [0.1, 0.15) is 22.0 Å². The number of amides is 1. The second-order valence-electron chi connectivity index (χ2n) is 3.56. The highest BCUT2D eigenvalue weighted by atomic mass is 16.5. The van der Waals surface area contributed by atoms with Crippen LogP contribution in [0, 0.1) is 0 Å². The summed E-state index contributed by atoms with van der Waals surface area (Å²) in [6, 6.07) is 3.50. The molecule has 18 heavy (non-hydrogen) atoms. The van der Waals surface area contributed by atoms with Crippen molar-refractivity contribution in [3.8, 4) is 5.75 Å². The van der Waals surface area contributed by atoms with Crippen molar-refractivity contribution in [2.75, 3.05) is 7.11 Å². The number of hydrogen-bond acceptors (Lipinski definition) is 6. The van der Waals surface area contributed by atoms with E-state index in [9.17, 15) is 24.9 Å². The molecule has 7 nitrogen and oxygen atoms in total. The highest BCUT2D eigenvalue weighted by Crippen LogP contribution is 2.24. The molecule has 0 saturated heterocycles. The van der Waals surface area contributed by atoms with Crippen LogP contribution in [0.5, 0.6) is 5.75 Å². The van der Waals surface area contributed by atoms with Crippen molar-refractivity contribution < 1.29 is 29.6 Å². The number of rotatable bonds is 4. The SMILES string of the molecule is COC(=O)c1cc(C(O)C(O)C(N)=O)ccc1O. The average molecular weight is 255 g/mol. The summed E-state index contributed by atoms with van der Waals surface area (Å²) in [4.78, 5) is 22.0. The molecule has 7 heteroatoms. The van der Waals surface area contributed by atoms with Gasteiger partial charge in [0.2, 0.25) is 5.91 Å². The quantitative estimate of drug-likeness (QED) is 0.513. The third-order valence-corrected chi connectivity index (χ3v) is 2.36. The van der Waals surface area contributed by atoms with Crippen LogP contribution in [-0.2, 0) is 9.53 Å². The summed E-state index contributed by atoms with van der Waals surface area (Å²) in [5.41, 5.74) is 4.70. The van der Waals surface area contributed by atoms with Crippen molar-refractivity contribution in [2.24, 2.45) is 5.73 Å². The fourth-order valence-electron chi connectivity index (χ4n) is 1.35. The molecule has 0 heterocycles. The summed E-state index contributed by atoms with van der Waals surface area (Å²) in [6.45, 7) is 0. The van der Waals surface area contributed by atoms with E-state index in [1.807, 2.05) is 0 Å². The maximum absolute atomic E-state index is 11.3. The van der Waals surface area contributed by atoms with Crippen molar-refractivity contribution >= 4 is 11.9 Å². The van der Waals surface area contributed by atoms with Crippen LogP contribution < -0.4 is 5.73 Å². The van der Waals surface area contributed by atoms with E-state index in [0.29, 0.717) is 0 Å². The molecule has 0 radical (unpaired) electrons. The van der Waals surface area contributed by atoms with E-state index in [1.165, 1.54) is 6.07 Å². The number of phenols is 1. The predicted molar refractivity (Wildman–Crippen MR) is 59.6 cm³/mol. The van der Waals surface area contributed by atoms with Gasteiger partial charge in [0, 0.05) is 0 Å². The van der Waals surface area contributed by atoms with Gasteiger partial charge in [-0.15, -0.1) is 0 Å². The predicted octanol–water partition coefficient (Wildman–Crippen LogP) is -0.942. The minimum atomic E-state index is -1.81. The smallest absolute Gasteiger partial charge is 0.341 e. The van der Waals surface area contributed by atoms with Gasteiger partial charge in [-0.05, 0) is 17.7 Å². The van der Waals surface area contributed by atoms with Crippen LogP contribution >= 0.6 is 0 Å². The normalized spacial score (nSPS) is 13.7. The zero-order valence-electron chi connectivity index (χ0n) is 9.53. The molecule has 0 aliphatic carbocycles. The Kier molecular flexibility index (Phi) is 4.24. The first kappa shape index (κ1) is 13.9. The molecule has 1 rings (SSSR count). The van der Waals surface area contributed by atoms with Gasteiger partial charge in [-0.3, -0.25) is 4.79 Å². The molecule has 0 saturated carbocycles. The van der Waals surface area contributed by atoms with E-state index in [4.69, 9.17) is 5.73 Å². The van der Waals surface area contributed by atoms with E-state index in [1.54, 1.807) is 0 Å². The molecule has 1 aromatic carbocycles. The maximum Gasteiger partial charge on any atom is 0.341 e. The van der Waals surface area contributed by atoms with Crippen LogP contribution in [-0.4, -0.2) is 40.4 Å². The van der Waals surface area contributed by atoms with Crippen LogP contribution in [0.25, 0.3) is 0 Å². The number of aromatic hydroxyl groups is 1. The molecule has 2 atom stereocenters. The molecule has 0 aliphatic heterocycles. The molecule has 0 aliphatic rings. The number of phenolic OH excluding ortho intramolecular Hbond substituents is 1. The topological polar surface area (TPSA) is 130 Å². The first-order valence-corrected chi connectivity index (χ1v) is 4.95. The summed E-state index contributed by atoms with van der Waals surface area (Å²) < 4.78 is 4.43. The summed E-state index contributed by atoms with van der Waals surface area (Å²) >= 11 is 0. The van der Waals surface area contributed by atoms with E-state index in [-0.39, 0.29) is 16.9 Å². The second kappa shape index (κ2) is 5.48. The minimum absolute atomic E-state index is 0.0551. The Balaban J connectivity index is 3.12. The van der Waals surface area contributed by atoms with Crippen molar-refractivity contribution in [1.82, 2.24) is 0 Å². The number of nitrogens with two attached hydrogens (primary N) is 1. The summed E-state index contributed by atoms with van der Waals surface area (Å²) in [5.74, 6) is -2.25. The molecular formula is C11H13NO6. The molecule has 2 unspecified atom stereocenters. The number of esters is 1. The number of ether oxygens (including phenoxy) is 1. The lowest BCUT2D eigenvalue weighted by Gasteiger charge is -2.16. The van der Waals surface area contributed by atoms with Crippen molar-refractivity contribution in [1.29, 1.82) is 0 Å². The standard InChI is InChI=1S/C11H13NO6/c1-18-11(17)6-4-5(2-3-7(6)13)8(14)9(15)10(12)16/h2-4,8-9,13-15H,1H3,(H2,12,16). The van der Waals surface area contributed by atoms with Gasteiger partial charge >= 0.3 is 5.97 Å². The van der Waals surface area contributed by atoms with Crippen molar-refractivity contribution in [3.05, 3.63) is 29.3 Å². The van der Waals surface area contributed by atoms with Gasteiger partial charge < -0.3 is 25.8 Å². The van der Waals surface area contributed by atoms with Crippen LogP contribution in [0.2, 0.25) is 0 Å². The van der Waals surface area contributed by atoms with Gasteiger partial charge in [-0.2, -0.15) is 0 Å². The van der Waals surface area contributed by atoms with E-state index < -0.39 is 24.1 Å². The Bertz CT molecular complexity index is 473. The second-order valence-corrected chi connectivity index (χ2v) is 3.56. The van der Waals surface area contributed by atoms with Gasteiger partial charge in [0.05, 0.1) is 7.11 Å². The fourth-order valence-corrected chi connectivity index (χ4v) is 1.35. The summed E-state index contributed by atoms with van der Waals surface area (Å²) in [7, 11) is 1.13. The Morgan fingerprint density at radius 3 is 2.44 bits per heavy atom. The lowest BCUT2D eigenvalue weighted by molar-refractivity contribution is -0.131. The fraction of sp³-hybridized carbons (Fsp3) is 0.273. The zero-order valence-corrected chi connectivity index (χ0v) is 9.53. The Morgan fingerprint density at radius 2 is 1.94 bits per heavy atom. The molecule has 1 amide bonds. The number of primary amides is 1. The highest BCUT2D eigenvalue weighted by Gasteiger charge is 2.25. The van der Waals surface area contributed by atoms with Gasteiger partial charge in [-0.25, -0.2) is 4.79 Å². The van der Waals surface area contributed by atoms with Gasteiger partial charge in [-0.1, -0.05) is 6.07 Å². The Labute approximate surface area is 102 Å². The molecule has 0 bridgehead atoms. The average Bonchev–Trinajstić information content (AvgIpc) is 2.36. The van der Waals surface area contributed by atoms with E-state index >= 15 is 0 Å². The monoisotopic (exact) mass is 255 g/mol. The number of aliphatic hydroxyl groups is 2. The molecule has 1 aromatic rings. The van der Waals surface area contributed by atoms with E-state index in [0.717, 1.165) is 19.2 Å². The Hall–Kier alpha value is -2.12. The molecule has 0 fully saturated rings. The number of methoxy groups -OCH3 is 1. The third-order valence-electron chi connectivity index (χ3n) is 2.36. The number of benzene rings is 1. The third kappa shape index (κ3) is 2.76. The highest BCUT2D eigenvalue weighted by molar-refractivity contribution is 5.92. The van der Waals surface area contributed by atoms with Gasteiger partial charge in [0.25, 0.3) is 0 Å². The van der Waals surface area contributed by atoms with Crippen LogP contribution in [0.15, 0.2) is 18.2 Å². The lowest BCUT2D eigenvalue weighted by atomic mass is 10.0. The maximum atomic E-state index is 11.3. The first-order chi connectivity index (χ1) is 8.38. The largest absolute Gasteiger partial charge is 0.507 e. The zero-order chi connectivity index (χ0) is 13.9. The van der Waals surface area contributed by atoms with E-state index in [2.05, 4.69) is 4.74 Å². The van der Waals surface area contributed by atoms with Gasteiger partial charge in [0.1, 0.15) is 17.4 Å². The molecule has 0 spiro atoms. The summed E-state index contributed by atoms with van der Waals surface area (Å²) in [6.07, 6.45) is -3.40. The Morgan fingerprint density at radius 1 is 1.33 bits per heavy atom. The summed E-state index contributed by atoms with van der Waals surface area (Å²) in [5, 5.41) is 28.4.